The summed E-state index contributed by atoms with van der Waals surface area (Å²) in [5, 5.41) is 3.92. The van der Waals surface area contributed by atoms with E-state index in [1.165, 1.54) is 11.5 Å². The van der Waals surface area contributed by atoms with E-state index in [9.17, 15) is 0 Å². The Balaban J connectivity index is 2.93. The second-order valence-corrected chi connectivity index (χ2v) is 3.77. The van der Waals surface area contributed by atoms with Crippen molar-refractivity contribution in [2.24, 2.45) is 0 Å². The van der Waals surface area contributed by atoms with Gasteiger partial charge in [-0.1, -0.05) is 4.49 Å². The summed E-state index contributed by atoms with van der Waals surface area (Å²) in [6.45, 7) is 0. The van der Waals surface area contributed by atoms with E-state index in [4.69, 9.17) is 0 Å². The maximum absolute atomic E-state index is 4.26. The largest absolute Gasteiger partial charge is 0.142 e. The molecule has 0 aliphatic carbocycles. The number of nitrogens with zero attached hydrogens (tertiary/aromatic N) is 2. The Hall–Kier alpha value is -0.260. The first kappa shape index (κ1) is 7.39. The van der Waals surface area contributed by atoms with Crippen molar-refractivity contribution in [3.05, 3.63) is 12.1 Å². The molecule has 0 amide bonds. The van der Waals surface area contributed by atoms with Gasteiger partial charge in [0.15, 0.2) is 0 Å². The maximum Gasteiger partial charge on any atom is 0.120 e. The van der Waals surface area contributed by atoms with Crippen molar-refractivity contribution >= 4 is 47.0 Å². The molecule has 0 spiro atoms. The minimum Gasteiger partial charge on any atom is -0.142 e. The Morgan fingerprint density at radius 2 is 2.09 bits per heavy atom. The minimum atomic E-state index is 0.805. The lowest BCUT2D eigenvalue weighted by Crippen LogP contribution is -1.74. The van der Waals surface area contributed by atoms with E-state index < -0.39 is 0 Å². The number of hydrogen-bond donors (Lipinski definition) is 2. The molecule has 0 N–H and O–H groups in total. The van der Waals surface area contributed by atoms with E-state index in [0.717, 1.165) is 20.0 Å². The highest BCUT2D eigenvalue weighted by atomic mass is 32.1. The first-order valence-electron chi connectivity index (χ1n) is 2.92. The Morgan fingerprint density at radius 1 is 1.27 bits per heavy atom. The van der Waals surface area contributed by atoms with Crippen molar-refractivity contribution in [3.8, 4) is 0 Å². The molecule has 0 saturated carbocycles. The number of rotatable bonds is 0. The molecule has 0 saturated heterocycles. The van der Waals surface area contributed by atoms with Crippen molar-refractivity contribution < 1.29 is 0 Å². The van der Waals surface area contributed by atoms with E-state index in [2.05, 4.69) is 34.8 Å². The summed E-state index contributed by atoms with van der Waals surface area (Å²) in [5.41, 5.74) is 0.839. The summed E-state index contributed by atoms with van der Waals surface area (Å²) in [6, 6.07) is 3.84. The molecule has 1 heterocycles. The Kier molecular flexibility index (Phi) is 1.78. The first-order valence-corrected chi connectivity index (χ1v) is 4.59. The van der Waals surface area contributed by atoms with Crippen LogP contribution in [-0.2, 0) is 0 Å². The third kappa shape index (κ3) is 1.13. The average molecular weight is 200 g/mol. The van der Waals surface area contributed by atoms with Crippen molar-refractivity contribution in [1.82, 2.24) is 9.59 Å². The van der Waals surface area contributed by atoms with Crippen LogP contribution in [0, 0.1) is 0 Å². The zero-order valence-corrected chi connectivity index (χ0v) is 7.96. The monoisotopic (exact) mass is 200 g/mol. The van der Waals surface area contributed by atoms with Crippen LogP contribution in [0.3, 0.4) is 0 Å². The molecule has 0 aliphatic heterocycles. The lowest BCUT2D eigenvalue weighted by atomic mass is 10.3. The van der Waals surface area contributed by atoms with E-state index in [1.807, 2.05) is 12.1 Å². The summed E-state index contributed by atoms with van der Waals surface area (Å²) < 4.78 is 4.86. The smallest absolute Gasteiger partial charge is 0.120 e. The molecule has 0 atom stereocenters. The molecule has 1 aromatic carbocycles. The number of benzene rings is 1. The summed E-state index contributed by atoms with van der Waals surface area (Å²) in [6.07, 6.45) is 0. The van der Waals surface area contributed by atoms with Gasteiger partial charge in [-0.25, -0.2) is 0 Å². The molecule has 5 heteroatoms. The van der Waals surface area contributed by atoms with Gasteiger partial charge in [0.05, 0.1) is 4.70 Å². The van der Waals surface area contributed by atoms with Crippen LogP contribution >= 0.6 is 36.8 Å². The van der Waals surface area contributed by atoms with Crippen LogP contribution in [0.15, 0.2) is 21.9 Å². The third-order valence-corrected chi connectivity index (χ3v) is 3.06. The number of thiol groups is 2. The van der Waals surface area contributed by atoms with Gasteiger partial charge in [0.2, 0.25) is 0 Å². The molecule has 0 unspecified atom stereocenters. The molecule has 2 nitrogen and oxygen atoms in total. The summed E-state index contributed by atoms with van der Waals surface area (Å²) in [5.74, 6) is 0. The van der Waals surface area contributed by atoms with Crippen LogP contribution < -0.4 is 0 Å². The van der Waals surface area contributed by atoms with Gasteiger partial charge in [-0.15, -0.1) is 30.4 Å². The lowest BCUT2D eigenvalue weighted by molar-refractivity contribution is 1.16. The highest BCUT2D eigenvalue weighted by molar-refractivity contribution is 7.83. The normalized spacial score (nSPS) is 10.7. The van der Waals surface area contributed by atoms with Crippen LogP contribution in [0.25, 0.3) is 10.2 Å². The second-order valence-electron chi connectivity index (χ2n) is 2.05. The van der Waals surface area contributed by atoms with E-state index >= 15 is 0 Å². The predicted molar refractivity (Wildman–Crippen MR) is 51.9 cm³/mol. The van der Waals surface area contributed by atoms with Crippen LogP contribution in [0.4, 0.5) is 0 Å². The van der Waals surface area contributed by atoms with Crippen LogP contribution in [0.2, 0.25) is 0 Å². The van der Waals surface area contributed by atoms with Crippen molar-refractivity contribution in [1.29, 1.82) is 0 Å². The molecular formula is C6H4N2S3. The molecule has 2 aromatic rings. The molecule has 11 heavy (non-hydrogen) atoms. The van der Waals surface area contributed by atoms with Crippen molar-refractivity contribution in [2.75, 3.05) is 0 Å². The predicted octanol–water partition coefficient (Wildman–Crippen LogP) is 2.27. The second kappa shape index (κ2) is 2.66. The number of hydrogen-bond acceptors (Lipinski definition) is 5. The third-order valence-electron chi connectivity index (χ3n) is 1.37. The molecule has 2 rings (SSSR count). The van der Waals surface area contributed by atoms with Crippen molar-refractivity contribution in [3.63, 3.8) is 0 Å². The zero-order valence-electron chi connectivity index (χ0n) is 5.35. The van der Waals surface area contributed by atoms with E-state index in [1.54, 1.807) is 0 Å². The lowest BCUT2D eigenvalue weighted by Gasteiger charge is -1.94. The average Bonchev–Trinajstić information content (AvgIpc) is 2.45. The van der Waals surface area contributed by atoms with Crippen LogP contribution in [0.5, 0.6) is 0 Å². The van der Waals surface area contributed by atoms with Gasteiger partial charge >= 0.3 is 0 Å². The van der Waals surface area contributed by atoms with Gasteiger partial charge in [0, 0.05) is 9.79 Å². The molecule has 56 valence electrons. The fraction of sp³-hybridized carbons (Fsp3) is 0. The summed E-state index contributed by atoms with van der Waals surface area (Å²) in [4.78, 5) is 1.65. The fourth-order valence-electron chi connectivity index (χ4n) is 0.826. The zero-order chi connectivity index (χ0) is 7.84. The summed E-state index contributed by atoms with van der Waals surface area (Å²) in [7, 11) is 0. The first-order chi connectivity index (χ1) is 5.29. The highest BCUT2D eigenvalue weighted by Gasteiger charge is 2.03. The standard InChI is InChI=1S/C6H4N2S3/c9-3-1-2-4-5(6(3)10)7-8-11-4/h1-2,9-10H. The van der Waals surface area contributed by atoms with Crippen LogP contribution in [0.1, 0.15) is 0 Å². The topological polar surface area (TPSA) is 25.8 Å². The molecule has 0 fully saturated rings. The van der Waals surface area contributed by atoms with Crippen LogP contribution in [-0.4, -0.2) is 9.59 Å². The van der Waals surface area contributed by atoms with Gasteiger partial charge in [0.25, 0.3) is 0 Å². The molecule has 0 radical (unpaired) electrons. The molecule has 0 bridgehead atoms. The van der Waals surface area contributed by atoms with E-state index in [-0.39, 0.29) is 0 Å². The number of aromatic nitrogens is 2. The number of fused-ring (bicyclic) bond motifs is 1. The van der Waals surface area contributed by atoms with Gasteiger partial charge in [0.1, 0.15) is 5.52 Å². The van der Waals surface area contributed by atoms with Crippen molar-refractivity contribution in [2.45, 2.75) is 9.79 Å². The highest BCUT2D eigenvalue weighted by Crippen LogP contribution is 2.27. The molecule has 0 aliphatic rings. The Morgan fingerprint density at radius 3 is 2.91 bits per heavy atom. The SMILES string of the molecule is Sc1ccc2snnc2c1S. The van der Waals surface area contributed by atoms with E-state index in [0.29, 0.717) is 0 Å². The molecular weight excluding hydrogens is 196 g/mol. The minimum absolute atomic E-state index is 0.805. The van der Waals surface area contributed by atoms with Gasteiger partial charge in [-0.2, -0.15) is 0 Å². The fourth-order valence-corrected chi connectivity index (χ4v) is 1.89. The van der Waals surface area contributed by atoms with Gasteiger partial charge in [-0.3, -0.25) is 0 Å². The Bertz CT molecular complexity index is 396. The van der Waals surface area contributed by atoms with Gasteiger partial charge < -0.3 is 0 Å². The van der Waals surface area contributed by atoms with Gasteiger partial charge in [-0.05, 0) is 23.7 Å². The summed E-state index contributed by atoms with van der Waals surface area (Å²) >= 11 is 9.83. The maximum atomic E-state index is 4.26. The Labute approximate surface area is 78.6 Å². The quantitative estimate of drug-likeness (QED) is 0.638. The molecule has 1 aromatic heterocycles.